The third-order valence-corrected chi connectivity index (χ3v) is 6.47. The third-order valence-electron chi connectivity index (χ3n) is 6.47. The van der Waals surface area contributed by atoms with Crippen molar-refractivity contribution in [2.24, 2.45) is 0 Å². The van der Waals surface area contributed by atoms with Crippen molar-refractivity contribution in [1.29, 1.82) is 5.26 Å². The Labute approximate surface area is 230 Å². The van der Waals surface area contributed by atoms with Crippen molar-refractivity contribution in [2.45, 2.75) is 26.7 Å². The van der Waals surface area contributed by atoms with E-state index in [0.717, 1.165) is 60.5 Å². The monoisotopic (exact) mass is 521 g/mol. The summed E-state index contributed by atoms with van der Waals surface area (Å²) >= 11 is 0. The topological polar surface area (TPSA) is 99.0 Å². The predicted molar refractivity (Wildman–Crippen MR) is 157 cm³/mol. The molecule has 0 unspecified atom stereocenters. The number of aromatic nitrogens is 3. The van der Waals surface area contributed by atoms with Crippen LogP contribution in [0, 0.1) is 11.3 Å². The molecule has 1 aromatic heterocycles. The van der Waals surface area contributed by atoms with E-state index in [9.17, 15) is 0 Å². The molecule has 4 rings (SSSR count). The van der Waals surface area contributed by atoms with Crippen LogP contribution in [0.5, 0.6) is 5.75 Å². The van der Waals surface area contributed by atoms with Crippen molar-refractivity contribution in [3.63, 3.8) is 0 Å². The van der Waals surface area contributed by atoms with E-state index in [0.29, 0.717) is 29.9 Å². The fraction of sp³-hybridized carbons (Fsp3) is 0.290. The second-order valence-electron chi connectivity index (χ2n) is 9.05. The van der Waals surface area contributed by atoms with Crippen LogP contribution in [0.1, 0.15) is 25.8 Å². The molecule has 4 aromatic rings. The smallest absolute Gasteiger partial charge is 0.232 e. The van der Waals surface area contributed by atoms with Crippen LogP contribution >= 0.6 is 0 Å². The van der Waals surface area contributed by atoms with Gasteiger partial charge in [0, 0.05) is 29.4 Å². The van der Waals surface area contributed by atoms with E-state index in [1.54, 1.807) is 7.11 Å². The van der Waals surface area contributed by atoms with Crippen molar-refractivity contribution >= 4 is 17.6 Å². The Morgan fingerprint density at radius 1 is 0.872 bits per heavy atom. The minimum atomic E-state index is 0.366. The molecule has 1 heterocycles. The van der Waals surface area contributed by atoms with E-state index in [2.05, 4.69) is 45.4 Å². The van der Waals surface area contributed by atoms with Gasteiger partial charge in [-0.2, -0.15) is 20.2 Å². The molecule has 0 radical (unpaired) electrons. The lowest BCUT2D eigenvalue weighted by molar-refractivity contribution is 0.303. The van der Waals surface area contributed by atoms with E-state index >= 15 is 0 Å². The van der Waals surface area contributed by atoms with Crippen LogP contribution in [0.25, 0.3) is 22.5 Å². The van der Waals surface area contributed by atoms with Crippen molar-refractivity contribution in [3.8, 4) is 34.3 Å². The van der Waals surface area contributed by atoms with Gasteiger partial charge < -0.3 is 20.3 Å². The summed E-state index contributed by atoms with van der Waals surface area (Å²) in [6.07, 6.45) is 1.36. The van der Waals surface area contributed by atoms with Gasteiger partial charge in [-0.3, -0.25) is 0 Å². The van der Waals surface area contributed by atoms with Gasteiger partial charge in [0.1, 0.15) is 5.75 Å². The first-order chi connectivity index (χ1) is 19.1. The highest BCUT2D eigenvalue weighted by atomic mass is 16.5. The zero-order chi connectivity index (χ0) is 27.5. The van der Waals surface area contributed by atoms with Crippen molar-refractivity contribution in [2.75, 3.05) is 43.9 Å². The van der Waals surface area contributed by atoms with Gasteiger partial charge in [0.25, 0.3) is 0 Å². The van der Waals surface area contributed by atoms with Gasteiger partial charge in [-0.1, -0.05) is 62.4 Å². The zero-order valence-corrected chi connectivity index (χ0v) is 22.8. The second kappa shape index (κ2) is 13.9. The first-order valence-corrected chi connectivity index (χ1v) is 13.3. The van der Waals surface area contributed by atoms with Crippen LogP contribution in [0.4, 0.5) is 17.6 Å². The Balaban J connectivity index is 1.57. The Morgan fingerprint density at radius 2 is 1.64 bits per heavy atom. The van der Waals surface area contributed by atoms with Crippen molar-refractivity contribution in [1.82, 2.24) is 19.9 Å². The largest absolute Gasteiger partial charge is 0.496 e. The van der Waals surface area contributed by atoms with Gasteiger partial charge in [0.15, 0.2) is 5.82 Å². The number of nitrogens with one attached hydrogen (secondary N) is 2. The summed E-state index contributed by atoms with van der Waals surface area (Å²) < 4.78 is 5.72. The fourth-order valence-electron chi connectivity index (χ4n) is 4.35. The van der Waals surface area contributed by atoms with Gasteiger partial charge in [-0.15, -0.1) is 0 Å². The fourth-order valence-corrected chi connectivity index (χ4v) is 4.35. The quantitative estimate of drug-likeness (QED) is 0.202. The van der Waals surface area contributed by atoms with E-state index in [-0.39, 0.29) is 0 Å². The minimum absolute atomic E-state index is 0.366. The zero-order valence-electron chi connectivity index (χ0n) is 22.8. The molecule has 8 nitrogen and oxygen atoms in total. The summed E-state index contributed by atoms with van der Waals surface area (Å²) in [6.45, 7) is 8.24. The van der Waals surface area contributed by atoms with Gasteiger partial charge >= 0.3 is 0 Å². The molecule has 2 N–H and O–H groups in total. The molecule has 0 bridgehead atoms. The van der Waals surface area contributed by atoms with Gasteiger partial charge in [-0.25, -0.2) is 0 Å². The standard InChI is InChI=1S/C31H35N7O/c1-4-38(5-2)20-10-19-33-30-35-29(24-12-7-6-8-13-24)36-31(37-30)34-26-15-16-27(28(22-26)39-3)25-14-9-11-23(21-25)17-18-32/h6-9,11-16,21-22H,4-5,10,17,19-20H2,1-3H3,(H2,33,34,35,36,37). The number of nitrogens with zero attached hydrogens (tertiary/aromatic N) is 5. The number of rotatable bonds is 13. The molecule has 0 aliphatic carbocycles. The van der Waals surface area contributed by atoms with E-state index in [1.165, 1.54) is 0 Å². The lowest BCUT2D eigenvalue weighted by Gasteiger charge is -2.18. The Morgan fingerprint density at radius 3 is 2.38 bits per heavy atom. The van der Waals surface area contributed by atoms with E-state index < -0.39 is 0 Å². The van der Waals surface area contributed by atoms with E-state index in [1.807, 2.05) is 72.8 Å². The average molecular weight is 522 g/mol. The highest BCUT2D eigenvalue weighted by molar-refractivity contribution is 5.75. The normalized spacial score (nSPS) is 10.7. The average Bonchev–Trinajstić information content (AvgIpc) is 2.98. The first kappa shape index (κ1) is 27.6. The summed E-state index contributed by atoms with van der Waals surface area (Å²) in [5.41, 5.74) is 4.61. The number of nitriles is 1. The summed E-state index contributed by atoms with van der Waals surface area (Å²) in [7, 11) is 1.65. The Bertz CT molecular complexity index is 1400. The lowest BCUT2D eigenvalue weighted by atomic mass is 10.0. The molecule has 8 heteroatoms. The van der Waals surface area contributed by atoms with Crippen LogP contribution in [-0.4, -0.2) is 53.1 Å². The van der Waals surface area contributed by atoms with Gasteiger partial charge in [0.05, 0.1) is 19.6 Å². The molecule has 39 heavy (non-hydrogen) atoms. The second-order valence-corrected chi connectivity index (χ2v) is 9.05. The maximum Gasteiger partial charge on any atom is 0.232 e. The van der Waals surface area contributed by atoms with Gasteiger partial charge in [0.2, 0.25) is 11.9 Å². The van der Waals surface area contributed by atoms with Crippen molar-refractivity contribution < 1.29 is 4.74 Å². The minimum Gasteiger partial charge on any atom is -0.496 e. The van der Waals surface area contributed by atoms with Crippen LogP contribution in [-0.2, 0) is 6.42 Å². The molecule has 3 aromatic carbocycles. The number of benzene rings is 3. The number of hydrogen-bond donors (Lipinski definition) is 2. The summed E-state index contributed by atoms with van der Waals surface area (Å²) in [5, 5.41) is 15.8. The number of ether oxygens (including phenoxy) is 1. The molecule has 200 valence electrons. The highest BCUT2D eigenvalue weighted by Gasteiger charge is 2.12. The summed E-state index contributed by atoms with van der Waals surface area (Å²) in [6, 6.07) is 25.9. The Kier molecular flexibility index (Phi) is 9.81. The summed E-state index contributed by atoms with van der Waals surface area (Å²) in [5.74, 6) is 2.28. The first-order valence-electron chi connectivity index (χ1n) is 13.3. The summed E-state index contributed by atoms with van der Waals surface area (Å²) in [4.78, 5) is 16.4. The van der Waals surface area contributed by atoms with Gasteiger partial charge in [-0.05, 0) is 55.4 Å². The maximum atomic E-state index is 9.07. The number of hydrogen-bond acceptors (Lipinski definition) is 8. The molecular weight excluding hydrogens is 486 g/mol. The molecular formula is C31H35N7O. The highest BCUT2D eigenvalue weighted by Crippen LogP contribution is 2.34. The third kappa shape index (κ3) is 7.53. The van der Waals surface area contributed by atoms with Crippen molar-refractivity contribution in [3.05, 3.63) is 78.4 Å². The molecule has 0 atom stereocenters. The van der Waals surface area contributed by atoms with E-state index in [4.69, 9.17) is 15.0 Å². The molecule has 0 fully saturated rings. The van der Waals surface area contributed by atoms with Crippen LogP contribution in [0.15, 0.2) is 72.8 Å². The predicted octanol–water partition coefficient (Wildman–Crippen LogP) is 6.17. The molecule has 0 aliphatic rings. The molecule has 0 amide bonds. The maximum absolute atomic E-state index is 9.07. The number of methoxy groups -OCH3 is 1. The SMILES string of the molecule is CCN(CC)CCCNc1nc(Nc2ccc(-c3cccc(CC#N)c3)c(OC)c2)nc(-c2ccccc2)n1. The van der Waals surface area contributed by atoms with Crippen LogP contribution < -0.4 is 15.4 Å². The molecule has 0 aliphatic heterocycles. The molecule has 0 spiro atoms. The van der Waals surface area contributed by atoms with Crippen LogP contribution in [0.2, 0.25) is 0 Å². The Hall–Kier alpha value is -4.48. The molecule has 0 saturated carbocycles. The van der Waals surface area contributed by atoms with Crippen LogP contribution in [0.3, 0.4) is 0 Å². The molecule has 0 saturated heterocycles. The number of anilines is 3. The lowest BCUT2D eigenvalue weighted by Crippen LogP contribution is -2.25.